The lowest BCUT2D eigenvalue weighted by Gasteiger charge is -2.11. The second-order valence-corrected chi connectivity index (χ2v) is 7.36. The van der Waals surface area contributed by atoms with Gasteiger partial charge in [0.1, 0.15) is 11.6 Å². The number of rotatable bonds is 5. The Labute approximate surface area is 153 Å². The molecule has 0 bridgehead atoms. The monoisotopic (exact) mass is 369 g/mol. The van der Waals surface area contributed by atoms with E-state index in [4.69, 9.17) is 17.2 Å². The van der Waals surface area contributed by atoms with Crippen LogP contribution in [0.25, 0.3) is 15.9 Å². The number of nitrogens with one attached hydrogen (secondary N) is 1. The third kappa shape index (κ3) is 3.37. The highest BCUT2D eigenvalue weighted by molar-refractivity contribution is 7.71. The molecule has 2 heterocycles. The molecule has 0 aliphatic rings. The van der Waals surface area contributed by atoms with Crippen LogP contribution in [-0.2, 0) is 13.2 Å². The number of thiazole rings is 1. The fourth-order valence-electron chi connectivity index (χ4n) is 2.67. The van der Waals surface area contributed by atoms with Crippen LogP contribution in [0.5, 0.6) is 0 Å². The first-order valence-corrected chi connectivity index (χ1v) is 9.17. The van der Waals surface area contributed by atoms with E-state index in [2.05, 4.69) is 23.5 Å². The van der Waals surface area contributed by atoms with Gasteiger partial charge in [-0.3, -0.25) is 0 Å². The number of quaternary nitrogens is 1. The molecule has 2 aromatic carbocycles. The zero-order valence-corrected chi connectivity index (χ0v) is 15.3. The van der Waals surface area contributed by atoms with Crippen molar-refractivity contribution >= 4 is 33.8 Å². The zero-order valence-electron chi connectivity index (χ0n) is 13.7. The van der Waals surface area contributed by atoms with Crippen LogP contribution < -0.4 is 4.90 Å². The molecule has 1 N–H and O–H groups in total. The molecule has 126 valence electrons. The minimum absolute atomic E-state index is 0.592. The summed E-state index contributed by atoms with van der Waals surface area (Å²) in [6.45, 7) is 1.46. The Morgan fingerprint density at radius 3 is 2.60 bits per heavy atom. The summed E-state index contributed by atoms with van der Waals surface area (Å²) in [7, 11) is 2.11. The highest BCUT2D eigenvalue weighted by Crippen LogP contribution is 2.20. The molecule has 0 aliphatic carbocycles. The number of hydrogen-bond donors (Lipinski definition) is 1. The van der Waals surface area contributed by atoms with Crippen molar-refractivity contribution in [1.82, 2.24) is 24.8 Å². The molecule has 8 heteroatoms. The van der Waals surface area contributed by atoms with Gasteiger partial charge in [0.25, 0.3) is 0 Å². The fourth-order valence-corrected chi connectivity index (χ4v) is 3.99. The van der Waals surface area contributed by atoms with Gasteiger partial charge in [0.15, 0.2) is 6.67 Å². The average Bonchev–Trinajstić information content (AvgIpc) is 3.19. The fraction of sp³-hybridized carbons (Fsp3) is 0.176. The summed E-state index contributed by atoms with van der Waals surface area (Å²) in [5.41, 5.74) is 1.98. The van der Waals surface area contributed by atoms with Crippen molar-refractivity contribution in [3.8, 4) is 5.69 Å². The maximum Gasteiger partial charge on any atom is 0.225 e. The van der Waals surface area contributed by atoms with Crippen LogP contribution in [0.4, 0.5) is 0 Å². The Balaban J connectivity index is 1.50. The lowest BCUT2D eigenvalue weighted by molar-refractivity contribution is -0.917. The van der Waals surface area contributed by atoms with E-state index in [1.54, 1.807) is 20.7 Å². The molecule has 0 amide bonds. The highest BCUT2D eigenvalue weighted by Gasteiger charge is 2.13. The van der Waals surface area contributed by atoms with Crippen molar-refractivity contribution in [3.05, 3.63) is 64.4 Å². The van der Waals surface area contributed by atoms with Crippen molar-refractivity contribution in [2.24, 2.45) is 0 Å². The largest absolute Gasteiger partial charge is 0.313 e. The highest BCUT2D eigenvalue weighted by atomic mass is 32.1. The molecular formula is C17H17N6S2+. The topological polar surface area (TPSA) is 53.0 Å². The molecule has 1 atom stereocenters. The minimum Gasteiger partial charge on any atom is -0.313 e. The number of para-hydroxylation sites is 2. The molecule has 6 nitrogen and oxygen atoms in total. The maximum atomic E-state index is 5.52. The first kappa shape index (κ1) is 16.1. The Kier molecular flexibility index (Phi) is 4.39. The van der Waals surface area contributed by atoms with Crippen LogP contribution in [0.15, 0.2) is 54.6 Å². The van der Waals surface area contributed by atoms with Crippen molar-refractivity contribution in [2.45, 2.75) is 13.2 Å². The molecule has 4 aromatic rings. The lowest BCUT2D eigenvalue weighted by atomic mass is 10.3. The van der Waals surface area contributed by atoms with E-state index in [0.29, 0.717) is 11.4 Å². The standard InChI is InChI=1S/C17H16N6S2/c1-21(11-16-18-14-9-5-6-10-15(14)25-16)12-22-17(24)23(20-19-22)13-7-3-2-4-8-13/h2-10H,11-12H2,1H3/p+1. The summed E-state index contributed by atoms with van der Waals surface area (Å²) in [6, 6.07) is 18.0. The number of fused-ring (bicyclic) bond motifs is 1. The van der Waals surface area contributed by atoms with Crippen molar-refractivity contribution in [3.63, 3.8) is 0 Å². The van der Waals surface area contributed by atoms with E-state index in [1.165, 1.54) is 9.60 Å². The number of tetrazole rings is 1. The Hall–Kier alpha value is -2.42. The first-order chi connectivity index (χ1) is 12.2. The van der Waals surface area contributed by atoms with Gasteiger partial charge in [-0.05, 0) is 46.9 Å². The van der Waals surface area contributed by atoms with Gasteiger partial charge in [0.05, 0.1) is 23.0 Å². The van der Waals surface area contributed by atoms with Gasteiger partial charge in [0, 0.05) is 0 Å². The van der Waals surface area contributed by atoms with Crippen LogP contribution in [-0.4, -0.2) is 31.8 Å². The van der Waals surface area contributed by atoms with E-state index in [9.17, 15) is 0 Å². The van der Waals surface area contributed by atoms with Crippen LogP contribution >= 0.6 is 23.6 Å². The predicted molar refractivity (Wildman–Crippen MR) is 100 cm³/mol. The number of aromatic nitrogens is 5. The molecule has 0 radical (unpaired) electrons. The minimum atomic E-state index is 0.592. The number of hydrogen-bond acceptors (Lipinski definition) is 5. The molecule has 2 aromatic heterocycles. The number of benzene rings is 2. The quantitative estimate of drug-likeness (QED) is 0.547. The molecule has 4 rings (SSSR count). The predicted octanol–water partition coefficient (Wildman–Crippen LogP) is 2.08. The molecule has 25 heavy (non-hydrogen) atoms. The SMILES string of the molecule is C[NH+](Cc1nc2ccccc2s1)Cn1nnn(-c2ccccc2)c1=S. The van der Waals surface area contributed by atoms with E-state index in [0.717, 1.165) is 22.8 Å². The normalized spacial score (nSPS) is 12.5. The second kappa shape index (κ2) is 6.83. The van der Waals surface area contributed by atoms with Crippen LogP contribution in [0.2, 0.25) is 0 Å². The van der Waals surface area contributed by atoms with E-state index >= 15 is 0 Å². The summed E-state index contributed by atoms with van der Waals surface area (Å²) in [5.74, 6) is 0. The van der Waals surface area contributed by atoms with E-state index in [1.807, 2.05) is 48.5 Å². The van der Waals surface area contributed by atoms with E-state index in [-0.39, 0.29) is 0 Å². The maximum absolute atomic E-state index is 5.52. The summed E-state index contributed by atoms with van der Waals surface area (Å²) >= 11 is 7.25. The molecule has 0 saturated heterocycles. The van der Waals surface area contributed by atoms with Crippen LogP contribution in [0.1, 0.15) is 5.01 Å². The van der Waals surface area contributed by atoms with Crippen molar-refractivity contribution in [1.29, 1.82) is 0 Å². The first-order valence-electron chi connectivity index (χ1n) is 7.95. The van der Waals surface area contributed by atoms with Gasteiger partial charge in [-0.25, -0.2) is 4.98 Å². The van der Waals surface area contributed by atoms with Crippen LogP contribution in [0.3, 0.4) is 0 Å². The summed E-state index contributed by atoms with van der Waals surface area (Å²) in [6.07, 6.45) is 0. The van der Waals surface area contributed by atoms with E-state index < -0.39 is 0 Å². The summed E-state index contributed by atoms with van der Waals surface area (Å²) < 4.78 is 5.25. The lowest BCUT2D eigenvalue weighted by Crippen LogP contribution is -3.07. The molecule has 0 saturated carbocycles. The Morgan fingerprint density at radius 1 is 1.04 bits per heavy atom. The Morgan fingerprint density at radius 2 is 1.80 bits per heavy atom. The molecule has 0 aliphatic heterocycles. The molecule has 0 spiro atoms. The van der Waals surface area contributed by atoms with Crippen molar-refractivity contribution < 1.29 is 4.90 Å². The van der Waals surface area contributed by atoms with Crippen LogP contribution in [0, 0.1) is 4.77 Å². The van der Waals surface area contributed by atoms with Gasteiger partial charge in [-0.1, -0.05) is 30.3 Å². The zero-order chi connectivity index (χ0) is 17.2. The van der Waals surface area contributed by atoms with Gasteiger partial charge in [-0.2, -0.15) is 9.36 Å². The van der Waals surface area contributed by atoms with Gasteiger partial charge in [0.2, 0.25) is 4.77 Å². The number of nitrogens with zero attached hydrogens (tertiary/aromatic N) is 5. The summed E-state index contributed by atoms with van der Waals surface area (Å²) in [5, 5.41) is 9.50. The van der Waals surface area contributed by atoms with Crippen molar-refractivity contribution in [2.75, 3.05) is 7.05 Å². The summed E-state index contributed by atoms with van der Waals surface area (Å²) in [4.78, 5) is 5.94. The van der Waals surface area contributed by atoms with Gasteiger partial charge >= 0.3 is 0 Å². The second-order valence-electron chi connectivity index (χ2n) is 5.88. The van der Waals surface area contributed by atoms with Gasteiger partial charge in [-0.15, -0.1) is 11.3 Å². The molecule has 0 fully saturated rings. The third-order valence-corrected chi connectivity index (χ3v) is 5.27. The molecule has 1 unspecified atom stereocenters. The smallest absolute Gasteiger partial charge is 0.225 e. The molecular weight excluding hydrogens is 352 g/mol. The third-order valence-electron chi connectivity index (χ3n) is 3.85. The van der Waals surface area contributed by atoms with Gasteiger partial charge < -0.3 is 4.90 Å². The Bertz CT molecular complexity index is 1020. The average molecular weight is 369 g/mol.